The summed E-state index contributed by atoms with van der Waals surface area (Å²) in [5.41, 5.74) is -0.289. The maximum absolute atomic E-state index is 12.2. The van der Waals surface area contributed by atoms with Gasteiger partial charge in [-0.1, -0.05) is 6.92 Å². The number of ketones is 1. The first-order chi connectivity index (χ1) is 11.3. The van der Waals surface area contributed by atoms with E-state index >= 15 is 0 Å². The molecule has 4 rings (SSSR count). The second-order valence-electron chi connectivity index (χ2n) is 9.92. The number of hydrogen-bond acceptors (Lipinski definition) is 3. The predicted octanol–water partition coefficient (Wildman–Crippen LogP) is 3.83. The van der Waals surface area contributed by atoms with Crippen molar-refractivity contribution in [2.75, 3.05) is 13.2 Å². The Morgan fingerprint density at radius 1 is 1.00 bits per heavy atom. The molecule has 0 aromatic rings. The van der Waals surface area contributed by atoms with Crippen LogP contribution < -0.4 is 0 Å². The first-order valence-electron chi connectivity index (χ1n) is 10.1. The molecule has 1 saturated heterocycles. The fraction of sp³-hybridized carbons (Fsp3) is 0.952. The number of aliphatic hydroxyl groups is 1. The van der Waals surface area contributed by atoms with Gasteiger partial charge in [-0.2, -0.15) is 0 Å². The van der Waals surface area contributed by atoms with Crippen molar-refractivity contribution < 1.29 is 14.6 Å². The molecule has 4 aliphatic rings. The van der Waals surface area contributed by atoms with Gasteiger partial charge in [-0.3, -0.25) is 4.79 Å². The third-order valence-electron chi connectivity index (χ3n) is 8.54. The number of ether oxygens (including phenoxy) is 1. The van der Waals surface area contributed by atoms with E-state index in [9.17, 15) is 9.90 Å². The van der Waals surface area contributed by atoms with Crippen LogP contribution in [0, 0.1) is 40.9 Å². The minimum absolute atomic E-state index is 0.0991. The summed E-state index contributed by atoms with van der Waals surface area (Å²) in [6.07, 6.45) is 8.16. The molecular formula is C21H34O3. The van der Waals surface area contributed by atoms with E-state index < -0.39 is 5.60 Å². The molecule has 4 fully saturated rings. The number of Topliss-reactive ketones (excluding diaryl/α,β-unsaturated/α-hetero) is 1. The lowest BCUT2D eigenvalue weighted by molar-refractivity contribution is -0.175. The lowest BCUT2D eigenvalue weighted by Crippen LogP contribution is -2.57. The molecule has 0 aromatic heterocycles. The predicted molar refractivity (Wildman–Crippen MR) is 93.5 cm³/mol. The number of carbonyl (C=O) groups is 1. The van der Waals surface area contributed by atoms with Gasteiger partial charge in [0.25, 0.3) is 0 Å². The molecule has 1 N–H and O–H groups in total. The molecule has 5 unspecified atom stereocenters. The average molecular weight is 335 g/mol. The highest BCUT2D eigenvalue weighted by molar-refractivity contribution is 5.79. The second-order valence-corrected chi connectivity index (χ2v) is 9.92. The van der Waals surface area contributed by atoms with Crippen LogP contribution in [-0.2, 0) is 9.53 Å². The van der Waals surface area contributed by atoms with Gasteiger partial charge in [-0.25, -0.2) is 0 Å². The van der Waals surface area contributed by atoms with Gasteiger partial charge in [0, 0.05) is 5.92 Å². The standard InChI is InChI=1S/C21H34O3/c1-13(22)18-11-24-12-19-17-5-4-14-10-20(2,23)8-6-15(14)16(17)7-9-21(18,19)3/h14-19,23H,4-12H2,1-3H3/t14?,15?,16?,17-,18-,19?,20-,21?/m1/s1. The lowest BCUT2D eigenvalue weighted by atomic mass is 9.46. The van der Waals surface area contributed by atoms with Gasteiger partial charge in [0.05, 0.1) is 18.8 Å². The largest absolute Gasteiger partial charge is 0.390 e. The summed E-state index contributed by atoms with van der Waals surface area (Å²) in [6.45, 7) is 7.65. The summed E-state index contributed by atoms with van der Waals surface area (Å²) in [6, 6.07) is 0. The zero-order chi connectivity index (χ0) is 17.1. The number of fused-ring (bicyclic) bond motifs is 5. The van der Waals surface area contributed by atoms with Crippen LogP contribution in [0.2, 0.25) is 0 Å². The van der Waals surface area contributed by atoms with Crippen molar-refractivity contribution in [2.24, 2.45) is 40.9 Å². The van der Waals surface area contributed by atoms with Gasteiger partial charge in [0.2, 0.25) is 0 Å². The van der Waals surface area contributed by atoms with Crippen molar-refractivity contribution in [3.8, 4) is 0 Å². The second kappa shape index (κ2) is 5.81. The Bertz CT molecular complexity index is 513. The summed E-state index contributed by atoms with van der Waals surface area (Å²) in [5, 5.41) is 10.5. The van der Waals surface area contributed by atoms with Crippen molar-refractivity contribution >= 4 is 5.78 Å². The maximum Gasteiger partial charge on any atom is 0.135 e. The molecule has 0 spiro atoms. The van der Waals surface area contributed by atoms with Crippen molar-refractivity contribution in [3.05, 3.63) is 0 Å². The molecule has 3 aliphatic carbocycles. The quantitative estimate of drug-likeness (QED) is 0.793. The smallest absolute Gasteiger partial charge is 0.135 e. The first kappa shape index (κ1) is 17.0. The molecule has 3 saturated carbocycles. The highest BCUT2D eigenvalue weighted by atomic mass is 16.5. The van der Waals surface area contributed by atoms with E-state index in [4.69, 9.17) is 4.74 Å². The Morgan fingerprint density at radius 3 is 2.50 bits per heavy atom. The van der Waals surface area contributed by atoms with E-state index in [1.807, 2.05) is 6.92 Å². The fourth-order valence-corrected chi connectivity index (χ4v) is 7.26. The van der Waals surface area contributed by atoms with E-state index in [1.54, 1.807) is 6.92 Å². The van der Waals surface area contributed by atoms with Crippen LogP contribution in [0.3, 0.4) is 0 Å². The molecule has 8 atom stereocenters. The van der Waals surface area contributed by atoms with E-state index in [0.717, 1.165) is 37.2 Å². The third kappa shape index (κ3) is 2.58. The molecule has 0 bridgehead atoms. The van der Waals surface area contributed by atoms with Gasteiger partial charge in [0.15, 0.2) is 0 Å². The fourth-order valence-electron chi connectivity index (χ4n) is 7.26. The molecule has 3 heteroatoms. The topological polar surface area (TPSA) is 46.5 Å². The van der Waals surface area contributed by atoms with Gasteiger partial charge in [0.1, 0.15) is 5.78 Å². The van der Waals surface area contributed by atoms with E-state index in [1.165, 1.54) is 32.1 Å². The molecule has 0 aromatic carbocycles. The lowest BCUT2D eigenvalue weighted by Gasteiger charge is -2.60. The zero-order valence-electron chi connectivity index (χ0n) is 15.6. The van der Waals surface area contributed by atoms with Crippen LogP contribution in [-0.4, -0.2) is 29.7 Å². The minimum atomic E-state index is -0.440. The highest BCUT2D eigenvalue weighted by Gasteiger charge is 2.57. The van der Waals surface area contributed by atoms with Crippen molar-refractivity contribution in [1.29, 1.82) is 0 Å². The van der Waals surface area contributed by atoms with Gasteiger partial charge < -0.3 is 9.84 Å². The normalized spacial score (nSPS) is 54.3. The van der Waals surface area contributed by atoms with E-state index in [0.29, 0.717) is 24.2 Å². The van der Waals surface area contributed by atoms with Crippen LogP contribution in [0.5, 0.6) is 0 Å². The van der Waals surface area contributed by atoms with E-state index in [2.05, 4.69) is 6.92 Å². The molecule has 3 nitrogen and oxygen atoms in total. The van der Waals surface area contributed by atoms with Crippen LogP contribution in [0.15, 0.2) is 0 Å². The number of rotatable bonds is 1. The van der Waals surface area contributed by atoms with Crippen LogP contribution in [0.25, 0.3) is 0 Å². The van der Waals surface area contributed by atoms with Gasteiger partial charge in [-0.05, 0) is 93.8 Å². The Balaban J connectivity index is 1.57. The number of hydrogen-bond donors (Lipinski definition) is 1. The first-order valence-corrected chi connectivity index (χ1v) is 10.1. The SMILES string of the molecule is CC(=O)[C@H]1COCC2[C@@H]3CCC4C[C@](C)(O)CCC4C3CCC21C. The Morgan fingerprint density at radius 2 is 1.75 bits per heavy atom. The monoisotopic (exact) mass is 334 g/mol. The van der Waals surface area contributed by atoms with E-state index in [-0.39, 0.29) is 11.3 Å². The van der Waals surface area contributed by atoms with Gasteiger partial charge in [-0.15, -0.1) is 0 Å². The minimum Gasteiger partial charge on any atom is -0.390 e. The molecule has 0 radical (unpaired) electrons. The zero-order valence-corrected chi connectivity index (χ0v) is 15.6. The Kier molecular flexibility index (Phi) is 4.12. The highest BCUT2D eigenvalue weighted by Crippen LogP contribution is 2.61. The summed E-state index contributed by atoms with van der Waals surface area (Å²) in [7, 11) is 0. The van der Waals surface area contributed by atoms with Crippen molar-refractivity contribution in [1.82, 2.24) is 0 Å². The summed E-state index contributed by atoms with van der Waals surface area (Å²) >= 11 is 0. The summed E-state index contributed by atoms with van der Waals surface area (Å²) < 4.78 is 5.94. The van der Waals surface area contributed by atoms with Gasteiger partial charge >= 0.3 is 0 Å². The van der Waals surface area contributed by atoms with Crippen LogP contribution in [0.4, 0.5) is 0 Å². The molecule has 1 heterocycles. The molecular weight excluding hydrogens is 300 g/mol. The Hall–Kier alpha value is -0.410. The molecule has 24 heavy (non-hydrogen) atoms. The maximum atomic E-state index is 12.2. The molecule has 1 aliphatic heterocycles. The third-order valence-corrected chi connectivity index (χ3v) is 8.54. The summed E-state index contributed by atoms with van der Waals surface area (Å²) in [4.78, 5) is 12.2. The van der Waals surface area contributed by atoms with Crippen LogP contribution >= 0.6 is 0 Å². The Labute approximate surface area is 146 Å². The number of carbonyl (C=O) groups excluding carboxylic acids is 1. The van der Waals surface area contributed by atoms with Crippen molar-refractivity contribution in [2.45, 2.75) is 71.3 Å². The average Bonchev–Trinajstić information content (AvgIpc) is 2.51. The molecule has 0 amide bonds. The summed E-state index contributed by atoms with van der Waals surface area (Å²) in [5.74, 6) is 4.02. The molecule has 136 valence electrons. The van der Waals surface area contributed by atoms with Crippen molar-refractivity contribution in [3.63, 3.8) is 0 Å². The van der Waals surface area contributed by atoms with Crippen LogP contribution in [0.1, 0.15) is 65.7 Å².